The fourth-order valence-electron chi connectivity index (χ4n) is 3.30. The Bertz CT molecular complexity index is 853. The van der Waals surface area contributed by atoms with Crippen molar-refractivity contribution in [2.24, 2.45) is 0 Å². The van der Waals surface area contributed by atoms with Crippen molar-refractivity contribution in [3.8, 4) is 0 Å². The second kappa shape index (κ2) is 9.89. The Labute approximate surface area is 173 Å². The summed E-state index contributed by atoms with van der Waals surface area (Å²) in [6.45, 7) is 0.871. The van der Waals surface area contributed by atoms with E-state index in [1.54, 1.807) is 4.90 Å². The van der Waals surface area contributed by atoms with Gasteiger partial charge in [0.05, 0.1) is 12.6 Å². The molecule has 0 heterocycles. The van der Waals surface area contributed by atoms with Crippen molar-refractivity contribution in [1.82, 2.24) is 10.2 Å². The van der Waals surface area contributed by atoms with Crippen LogP contribution in [0.15, 0.2) is 84.9 Å². The second-order valence-corrected chi connectivity index (χ2v) is 7.45. The normalized spacial score (nSPS) is 10.8. The Kier molecular flexibility index (Phi) is 7.04. The summed E-state index contributed by atoms with van der Waals surface area (Å²) in [5.74, 6) is 0.0681. The number of hydrogen-bond donors (Lipinski definition) is 1. The van der Waals surface area contributed by atoms with E-state index < -0.39 is 0 Å². The first-order chi connectivity index (χ1) is 14.0. The van der Waals surface area contributed by atoms with Crippen LogP contribution in [-0.4, -0.2) is 38.5 Å². The molecular weight excluding hydrogens is 358 g/mol. The van der Waals surface area contributed by atoms with Gasteiger partial charge in [0.25, 0.3) is 0 Å². The lowest BCUT2D eigenvalue weighted by Crippen LogP contribution is -2.37. The zero-order chi connectivity index (χ0) is 20.6. The minimum atomic E-state index is -0.0193. The highest BCUT2D eigenvalue weighted by molar-refractivity contribution is 5.78. The lowest BCUT2D eigenvalue weighted by Gasteiger charge is -2.23. The van der Waals surface area contributed by atoms with Crippen molar-refractivity contribution in [2.45, 2.75) is 12.6 Å². The molecule has 3 aromatic rings. The van der Waals surface area contributed by atoms with Gasteiger partial charge in [-0.05, 0) is 28.8 Å². The van der Waals surface area contributed by atoms with Crippen LogP contribution in [0.3, 0.4) is 0 Å². The number of benzene rings is 3. The van der Waals surface area contributed by atoms with Crippen molar-refractivity contribution in [2.75, 3.05) is 32.6 Å². The highest BCUT2D eigenvalue weighted by Gasteiger charge is 2.16. The van der Waals surface area contributed by atoms with Crippen molar-refractivity contribution in [3.05, 3.63) is 102 Å². The van der Waals surface area contributed by atoms with Gasteiger partial charge >= 0.3 is 0 Å². The van der Waals surface area contributed by atoms with Gasteiger partial charge in [0, 0.05) is 33.4 Å². The van der Waals surface area contributed by atoms with E-state index in [1.807, 2.05) is 57.5 Å². The molecule has 0 fully saturated rings. The third-order valence-electron chi connectivity index (χ3n) is 5.02. The van der Waals surface area contributed by atoms with Gasteiger partial charge in [0.15, 0.2) is 0 Å². The third-order valence-corrected chi connectivity index (χ3v) is 5.02. The number of hydrogen-bond acceptors (Lipinski definition) is 3. The molecule has 0 bridgehead atoms. The summed E-state index contributed by atoms with van der Waals surface area (Å²) in [4.78, 5) is 16.6. The minimum Gasteiger partial charge on any atom is -0.378 e. The maximum atomic E-state index is 12.7. The zero-order valence-corrected chi connectivity index (χ0v) is 17.4. The molecule has 0 spiro atoms. The lowest BCUT2D eigenvalue weighted by atomic mass is 9.99. The Morgan fingerprint density at radius 3 is 1.79 bits per heavy atom. The van der Waals surface area contributed by atoms with Gasteiger partial charge in [0.2, 0.25) is 5.91 Å². The molecule has 0 aromatic heterocycles. The highest BCUT2D eigenvalue weighted by atomic mass is 16.2. The molecule has 0 saturated carbocycles. The summed E-state index contributed by atoms with van der Waals surface area (Å²) < 4.78 is 0. The summed E-state index contributed by atoms with van der Waals surface area (Å²) in [5, 5.41) is 3.44. The van der Waals surface area contributed by atoms with E-state index in [2.05, 4.69) is 58.7 Å². The number of amides is 1. The van der Waals surface area contributed by atoms with Gasteiger partial charge in [-0.1, -0.05) is 72.8 Å². The third kappa shape index (κ3) is 5.69. The Hall–Kier alpha value is -3.11. The van der Waals surface area contributed by atoms with Crippen LogP contribution in [0.5, 0.6) is 0 Å². The fourth-order valence-corrected chi connectivity index (χ4v) is 3.30. The average Bonchev–Trinajstić information content (AvgIpc) is 2.75. The number of nitrogens with one attached hydrogen (secondary N) is 1. The van der Waals surface area contributed by atoms with Crippen LogP contribution < -0.4 is 10.2 Å². The van der Waals surface area contributed by atoms with Crippen molar-refractivity contribution in [3.63, 3.8) is 0 Å². The van der Waals surface area contributed by atoms with Crippen LogP contribution in [0, 0.1) is 0 Å². The van der Waals surface area contributed by atoms with E-state index in [0.717, 1.165) is 22.4 Å². The highest BCUT2D eigenvalue weighted by Crippen LogP contribution is 2.21. The molecule has 0 aliphatic rings. The Balaban J connectivity index is 1.63. The molecule has 1 amide bonds. The maximum Gasteiger partial charge on any atom is 0.236 e. The molecule has 4 nitrogen and oxygen atoms in total. The van der Waals surface area contributed by atoms with Gasteiger partial charge in [-0.15, -0.1) is 0 Å². The summed E-state index contributed by atoms with van der Waals surface area (Å²) >= 11 is 0. The molecule has 4 heteroatoms. The predicted molar refractivity (Wildman–Crippen MR) is 120 cm³/mol. The monoisotopic (exact) mass is 387 g/mol. The second-order valence-electron chi connectivity index (χ2n) is 7.45. The van der Waals surface area contributed by atoms with E-state index in [1.165, 1.54) is 0 Å². The quantitative estimate of drug-likeness (QED) is 0.632. The van der Waals surface area contributed by atoms with E-state index in [4.69, 9.17) is 0 Å². The summed E-state index contributed by atoms with van der Waals surface area (Å²) in [7, 11) is 5.89. The first-order valence-corrected chi connectivity index (χ1v) is 9.88. The van der Waals surface area contributed by atoms with Gasteiger partial charge in [-0.2, -0.15) is 0 Å². The summed E-state index contributed by atoms with van der Waals surface area (Å²) in [6.07, 6.45) is 0. The summed E-state index contributed by atoms with van der Waals surface area (Å²) in [6, 6.07) is 28.7. The number of rotatable bonds is 8. The summed E-state index contributed by atoms with van der Waals surface area (Å²) in [5.41, 5.74) is 4.56. The van der Waals surface area contributed by atoms with Crippen LogP contribution in [0.25, 0.3) is 0 Å². The SMILES string of the molecule is CN(Cc1ccc(N(C)C)cc1)C(=O)CNC(c1ccccc1)c1ccccc1. The number of carbonyl (C=O) groups excluding carboxylic acids is 1. The number of likely N-dealkylation sites (N-methyl/N-ethyl adjacent to an activating group) is 1. The van der Waals surface area contributed by atoms with Gasteiger partial charge in [-0.3, -0.25) is 10.1 Å². The van der Waals surface area contributed by atoms with Crippen LogP contribution in [0.1, 0.15) is 22.7 Å². The maximum absolute atomic E-state index is 12.7. The smallest absolute Gasteiger partial charge is 0.236 e. The molecule has 0 atom stereocenters. The van der Waals surface area contributed by atoms with Crippen molar-refractivity contribution >= 4 is 11.6 Å². The van der Waals surface area contributed by atoms with Crippen molar-refractivity contribution in [1.29, 1.82) is 0 Å². The minimum absolute atomic E-state index is 0.0193. The molecule has 0 radical (unpaired) electrons. The molecule has 150 valence electrons. The molecule has 3 aromatic carbocycles. The molecule has 0 aliphatic carbocycles. The zero-order valence-electron chi connectivity index (χ0n) is 17.4. The van der Waals surface area contributed by atoms with Crippen LogP contribution in [-0.2, 0) is 11.3 Å². The Morgan fingerprint density at radius 2 is 1.31 bits per heavy atom. The molecule has 0 saturated heterocycles. The molecular formula is C25H29N3O. The van der Waals surface area contributed by atoms with Gasteiger partial charge < -0.3 is 9.80 Å². The van der Waals surface area contributed by atoms with E-state index >= 15 is 0 Å². The largest absolute Gasteiger partial charge is 0.378 e. The van der Waals surface area contributed by atoms with E-state index in [9.17, 15) is 4.79 Å². The number of anilines is 1. The molecule has 0 unspecified atom stereocenters. The van der Waals surface area contributed by atoms with Crippen LogP contribution in [0.4, 0.5) is 5.69 Å². The Morgan fingerprint density at radius 1 is 0.793 bits per heavy atom. The van der Waals surface area contributed by atoms with Gasteiger partial charge in [0.1, 0.15) is 0 Å². The van der Waals surface area contributed by atoms with Gasteiger partial charge in [-0.25, -0.2) is 0 Å². The average molecular weight is 388 g/mol. The first-order valence-electron chi connectivity index (χ1n) is 9.88. The topological polar surface area (TPSA) is 35.6 Å². The number of carbonyl (C=O) groups is 1. The van der Waals surface area contributed by atoms with Crippen LogP contribution in [0.2, 0.25) is 0 Å². The van der Waals surface area contributed by atoms with Crippen LogP contribution >= 0.6 is 0 Å². The molecule has 0 aliphatic heterocycles. The molecule has 29 heavy (non-hydrogen) atoms. The molecule has 1 N–H and O–H groups in total. The molecule has 3 rings (SSSR count). The fraction of sp³-hybridized carbons (Fsp3) is 0.240. The lowest BCUT2D eigenvalue weighted by molar-refractivity contribution is -0.129. The van der Waals surface area contributed by atoms with E-state index in [-0.39, 0.29) is 18.5 Å². The first kappa shape index (κ1) is 20.6. The predicted octanol–water partition coefficient (Wildman–Crippen LogP) is 4.09. The van der Waals surface area contributed by atoms with Crippen molar-refractivity contribution < 1.29 is 4.79 Å². The standard InChI is InChI=1S/C25H29N3O/c1-27(2)23-16-14-20(15-17-23)19-28(3)24(29)18-26-25(21-10-6-4-7-11-21)22-12-8-5-9-13-22/h4-17,25-26H,18-19H2,1-3H3. The van der Waals surface area contributed by atoms with E-state index in [0.29, 0.717) is 6.54 Å². The number of nitrogens with zero attached hydrogens (tertiary/aromatic N) is 2.